The summed E-state index contributed by atoms with van der Waals surface area (Å²) in [7, 11) is 0. The first kappa shape index (κ1) is 15.9. The fraction of sp³-hybridized carbons (Fsp3) is 0.562. The molecule has 1 aromatic rings. The normalized spacial score (nSPS) is 15.9. The minimum absolute atomic E-state index is 0.274. The summed E-state index contributed by atoms with van der Waals surface area (Å²) >= 11 is 0. The van der Waals surface area contributed by atoms with Crippen LogP contribution in [-0.2, 0) is 16.1 Å². The highest BCUT2D eigenvalue weighted by atomic mass is 16.5. The van der Waals surface area contributed by atoms with Crippen LogP contribution in [0.3, 0.4) is 0 Å². The zero-order chi connectivity index (χ0) is 14.9. The van der Waals surface area contributed by atoms with Crippen LogP contribution in [0.25, 0.3) is 0 Å². The molecule has 116 valence electrons. The molecule has 1 saturated heterocycles. The van der Waals surface area contributed by atoms with E-state index >= 15 is 0 Å². The van der Waals surface area contributed by atoms with Gasteiger partial charge < -0.3 is 14.8 Å². The van der Waals surface area contributed by atoms with Crippen molar-refractivity contribution >= 4 is 5.97 Å². The van der Waals surface area contributed by atoms with Crippen molar-refractivity contribution in [3.05, 3.63) is 35.4 Å². The van der Waals surface area contributed by atoms with Crippen molar-refractivity contribution in [2.45, 2.75) is 13.5 Å². The van der Waals surface area contributed by atoms with Gasteiger partial charge in [-0.3, -0.25) is 4.90 Å². The molecule has 1 N–H and O–H groups in total. The van der Waals surface area contributed by atoms with Crippen molar-refractivity contribution in [2.75, 3.05) is 45.9 Å². The van der Waals surface area contributed by atoms with E-state index in [0.717, 1.165) is 44.9 Å². The van der Waals surface area contributed by atoms with Gasteiger partial charge in [-0.2, -0.15) is 0 Å². The van der Waals surface area contributed by atoms with E-state index in [2.05, 4.69) is 10.2 Å². The van der Waals surface area contributed by atoms with Crippen LogP contribution in [0.4, 0.5) is 0 Å². The molecule has 1 aliphatic rings. The summed E-state index contributed by atoms with van der Waals surface area (Å²) in [4.78, 5) is 13.9. The summed E-state index contributed by atoms with van der Waals surface area (Å²) in [6, 6.07) is 7.40. The molecular weight excluding hydrogens is 268 g/mol. The van der Waals surface area contributed by atoms with Crippen LogP contribution in [0.15, 0.2) is 24.3 Å². The Kier molecular flexibility index (Phi) is 6.66. The second kappa shape index (κ2) is 8.77. The highest BCUT2D eigenvalue weighted by Gasteiger charge is 2.09. The van der Waals surface area contributed by atoms with Gasteiger partial charge in [-0.1, -0.05) is 12.1 Å². The van der Waals surface area contributed by atoms with Crippen molar-refractivity contribution in [3.8, 4) is 0 Å². The lowest BCUT2D eigenvalue weighted by atomic mass is 10.1. The summed E-state index contributed by atoms with van der Waals surface area (Å²) in [6.45, 7) is 8.81. The SMILES string of the molecule is CCOC(=O)c1ccc(COCCN2CCNCC2)cc1. The average molecular weight is 292 g/mol. The van der Waals surface area contributed by atoms with Gasteiger partial charge in [0.05, 0.1) is 25.4 Å². The van der Waals surface area contributed by atoms with E-state index in [-0.39, 0.29) is 5.97 Å². The van der Waals surface area contributed by atoms with Crippen molar-refractivity contribution in [1.82, 2.24) is 10.2 Å². The maximum atomic E-state index is 11.5. The molecule has 0 atom stereocenters. The highest BCUT2D eigenvalue weighted by Crippen LogP contribution is 2.07. The first-order valence-corrected chi connectivity index (χ1v) is 7.56. The molecule has 0 radical (unpaired) electrons. The van der Waals surface area contributed by atoms with E-state index in [9.17, 15) is 4.79 Å². The number of hydrogen-bond donors (Lipinski definition) is 1. The quantitative estimate of drug-likeness (QED) is 0.606. The van der Waals surface area contributed by atoms with Crippen LogP contribution >= 0.6 is 0 Å². The van der Waals surface area contributed by atoms with Crippen molar-refractivity contribution in [2.24, 2.45) is 0 Å². The molecule has 2 rings (SSSR count). The lowest BCUT2D eigenvalue weighted by molar-refractivity contribution is 0.0526. The number of benzene rings is 1. The Morgan fingerprint density at radius 3 is 2.62 bits per heavy atom. The molecule has 0 bridgehead atoms. The predicted molar refractivity (Wildman–Crippen MR) is 81.4 cm³/mol. The molecule has 0 saturated carbocycles. The van der Waals surface area contributed by atoms with Gasteiger partial charge in [-0.25, -0.2) is 4.79 Å². The zero-order valence-corrected chi connectivity index (χ0v) is 12.6. The average Bonchev–Trinajstić information content (AvgIpc) is 2.53. The molecular formula is C16H24N2O3. The van der Waals surface area contributed by atoms with E-state index < -0.39 is 0 Å². The lowest BCUT2D eigenvalue weighted by Gasteiger charge is -2.26. The van der Waals surface area contributed by atoms with Gasteiger partial charge in [0, 0.05) is 32.7 Å². The summed E-state index contributed by atoms with van der Waals surface area (Å²) in [5.41, 5.74) is 1.66. The van der Waals surface area contributed by atoms with Crippen LogP contribution in [0.2, 0.25) is 0 Å². The number of hydrogen-bond acceptors (Lipinski definition) is 5. The van der Waals surface area contributed by atoms with Gasteiger partial charge in [0.1, 0.15) is 0 Å². The Balaban J connectivity index is 1.67. The first-order chi connectivity index (χ1) is 10.3. The Hall–Kier alpha value is -1.43. The summed E-state index contributed by atoms with van der Waals surface area (Å²) in [5, 5.41) is 3.33. The number of ether oxygens (including phenoxy) is 2. The van der Waals surface area contributed by atoms with Crippen LogP contribution in [-0.4, -0.2) is 56.8 Å². The lowest BCUT2D eigenvalue weighted by Crippen LogP contribution is -2.44. The first-order valence-electron chi connectivity index (χ1n) is 7.56. The largest absolute Gasteiger partial charge is 0.462 e. The summed E-state index contributed by atoms with van der Waals surface area (Å²) in [5.74, 6) is -0.274. The number of rotatable bonds is 7. The molecule has 21 heavy (non-hydrogen) atoms. The molecule has 1 aliphatic heterocycles. The van der Waals surface area contributed by atoms with E-state index in [1.165, 1.54) is 0 Å². The molecule has 5 nitrogen and oxygen atoms in total. The predicted octanol–water partition coefficient (Wildman–Crippen LogP) is 1.29. The van der Waals surface area contributed by atoms with Gasteiger partial charge in [0.25, 0.3) is 0 Å². The molecule has 1 aromatic carbocycles. The van der Waals surface area contributed by atoms with Crippen LogP contribution in [0, 0.1) is 0 Å². The molecule has 0 spiro atoms. The number of nitrogens with zero attached hydrogens (tertiary/aromatic N) is 1. The standard InChI is InChI=1S/C16H24N2O3/c1-2-21-16(19)15-5-3-14(4-6-15)13-20-12-11-18-9-7-17-8-10-18/h3-6,17H,2,7-13H2,1H3. The Labute approximate surface area is 126 Å². The monoisotopic (exact) mass is 292 g/mol. The van der Waals surface area contributed by atoms with Crippen LogP contribution in [0.1, 0.15) is 22.8 Å². The minimum atomic E-state index is -0.274. The van der Waals surface area contributed by atoms with E-state index in [0.29, 0.717) is 18.8 Å². The minimum Gasteiger partial charge on any atom is -0.462 e. The smallest absolute Gasteiger partial charge is 0.338 e. The molecule has 0 unspecified atom stereocenters. The third kappa shape index (κ3) is 5.46. The Bertz CT molecular complexity index is 428. The third-order valence-corrected chi connectivity index (χ3v) is 3.50. The van der Waals surface area contributed by atoms with Gasteiger partial charge >= 0.3 is 5.97 Å². The number of nitrogens with one attached hydrogen (secondary N) is 1. The van der Waals surface area contributed by atoms with Crippen LogP contribution < -0.4 is 5.32 Å². The maximum Gasteiger partial charge on any atom is 0.338 e. The van der Waals surface area contributed by atoms with Gasteiger partial charge in [-0.15, -0.1) is 0 Å². The summed E-state index contributed by atoms with van der Waals surface area (Å²) < 4.78 is 10.6. The van der Waals surface area contributed by atoms with Crippen molar-refractivity contribution in [1.29, 1.82) is 0 Å². The van der Waals surface area contributed by atoms with Crippen molar-refractivity contribution in [3.63, 3.8) is 0 Å². The fourth-order valence-electron chi connectivity index (χ4n) is 2.27. The third-order valence-electron chi connectivity index (χ3n) is 3.50. The molecule has 0 aromatic heterocycles. The summed E-state index contributed by atoms with van der Waals surface area (Å²) in [6.07, 6.45) is 0. The Morgan fingerprint density at radius 1 is 1.24 bits per heavy atom. The number of carbonyl (C=O) groups is 1. The molecule has 0 amide bonds. The van der Waals surface area contributed by atoms with Gasteiger partial charge in [0.2, 0.25) is 0 Å². The number of piperazine rings is 1. The maximum absolute atomic E-state index is 11.5. The molecule has 1 fully saturated rings. The van der Waals surface area contributed by atoms with Gasteiger partial charge in [0.15, 0.2) is 0 Å². The molecule has 1 heterocycles. The second-order valence-electron chi connectivity index (χ2n) is 5.06. The number of esters is 1. The number of carbonyl (C=O) groups excluding carboxylic acids is 1. The Morgan fingerprint density at radius 2 is 1.95 bits per heavy atom. The zero-order valence-electron chi connectivity index (χ0n) is 12.6. The topological polar surface area (TPSA) is 50.8 Å². The molecule has 5 heteroatoms. The van der Waals surface area contributed by atoms with E-state index in [4.69, 9.17) is 9.47 Å². The molecule has 0 aliphatic carbocycles. The van der Waals surface area contributed by atoms with E-state index in [1.54, 1.807) is 19.1 Å². The highest BCUT2D eigenvalue weighted by molar-refractivity contribution is 5.89. The van der Waals surface area contributed by atoms with E-state index in [1.807, 2.05) is 12.1 Å². The van der Waals surface area contributed by atoms with Gasteiger partial charge in [-0.05, 0) is 24.6 Å². The van der Waals surface area contributed by atoms with Crippen molar-refractivity contribution < 1.29 is 14.3 Å². The fourth-order valence-corrected chi connectivity index (χ4v) is 2.27. The van der Waals surface area contributed by atoms with Crippen LogP contribution in [0.5, 0.6) is 0 Å². The second-order valence-corrected chi connectivity index (χ2v) is 5.06.